The molecule has 1 aromatic carbocycles. The monoisotopic (exact) mass is 284 g/mol. The zero-order valence-corrected chi connectivity index (χ0v) is 13.2. The minimum atomic E-state index is -0.149. The topological polar surface area (TPSA) is 20.2 Å². The highest BCUT2D eigenvalue weighted by atomic mass is 16.3. The van der Waals surface area contributed by atoms with Crippen LogP contribution in [0.25, 0.3) is 0 Å². The van der Waals surface area contributed by atoms with E-state index in [2.05, 4.69) is 31.2 Å². The van der Waals surface area contributed by atoms with Crippen molar-refractivity contribution in [3.05, 3.63) is 35.4 Å². The van der Waals surface area contributed by atoms with Gasteiger partial charge in [0.25, 0.3) is 0 Å². The first kappa shape index (κ1) is 13.8. The second-order valence-electron chi connectivity index (χ2n) is 8.47. The van der Waals surface area contributed by atoms with Crippen molar-refractivity contribution < 1.29 is 5.11 Å². The summed E-state index contributed by atoms with van der Waals surface area (Å²) < 4.78 is 0. The number of aliphatic hydroxyl groups excluding tert-OH is 1. The fourth-order valence-corrected chi connectivity index (χ4v) is 6.11. The highest BCUT2D eigenvalue weighted by Gasteiger charge is 2.51. The summed E-state index contributed by atoms with van der Waals surface area (Å²) >= 11 is 0. The Morgan fingerprint density at radius 3 is 2.05 bits per heavy atom. The van der Waals surface area contributed by atoms with E-state index in [0.29, 0.717) is 5.41 Å². The van der Waals surface area contributed by atoms with Gasteiger partial charge in [-0.2, -0.15) is 0 Å². The molecule has 1 atom stereocenters. The van der Waals surface area contributed by atoms with Crippen LogP contribution in [0, 0.1) is 30.1 Å². The van der Waals surface area contributed by atoms with E-state index < -0.39 is 0 Å². The Morgan fingerprint density at radius 2 is 1.52 bits per heavy atom. The Morgan fingerprint density at radius 1 is 1.00 bits per heavy atom. The summed E-state index contributed by atoms with van der Waals surface area (Å²) in [5, 5.41) is 10.6. The molecule has 0 aliphatic heterocycles. The molecule has 1 nitrogen and oxygen atoms in total. The zero-order valence-electron chi connectivity index (χ0n) is 13.2. The largest absolute Gasteiger partial charge is 0.393 e. The van der Waals surface area contributed by atoms with Crippen LogP contribution in [0.2, 0.25) is 0 Å². The lowest BCUT2D eigenvalue weighted by molar-refractivity contribution is -0.0756. The van der Waals surface area contributed by atoms with Crippen molar-refractivity contribution in [3.63, 3.8) is 0 Å². The molecule has 21 heavy (non-hydrogen) atoms. The summed E-state index contributed by atoms with van der Waals surface area (Å²) in [6, 6.07) is 8.68. The first-order valence-electron chi connectivity index (χ1n) is 8.84. The lowest BCUT2D eigenvalue weighted by Gasteiger charge is -2.57. The van der Waals surface area contributed by atoms with Gasteiger partial charge < -0.3 is 5.11 Å². The van der Waals surface area contributed by atoms with Crippen LogP contribution in [-0.2, 0) is 6.42 Å². The van der Waals surface area contributed by atoms with Crippen molar-refractivity contribution >= 4 is 0 Å². The molecule has 0 aromatic heterocycles. The van der Waals surface area contributed by atoms with Crippen molar-refractivity contribution in [3.8, 4) is 0 Å². The minimum absolute atomic E-state index is 0.149. The molecule has 1 unspecified atom stereocenters. The van der Waals surface area contributed by atoms with Gasteiger partial charge in [0, 0.05) is 0 Å². The van der Waals surface area contributed by atoms with E-state index in [-0.39, 0.29) is 6.10 Å². The maximum absolute atomic E-state index is 10.6. The molecule has 0 radical (unpaired) electrons. The fourth-order valence-electron chi connectivity index (χ4n) is 6.11. The number of aryl methyl sites for hydroxylation is 1. The molecule has 0 heterocycles. The van der Waals surface area contributed by atoms with Gasteiger partial charge >= 0.3 is 0 Å². The highest BCUT2D eigenvalue weighted by molar-refractivity contribution is 5.22. The van der Waals surface area contributed by atoms with Gasteiger partial charge in [-0.15, -0.1) is 0 Å². The lowest BCUT2D eigenvalue weighted by atomic mass is 9.48. The van der Waals surface area contributed by atoms with Crippen LogP contribution >= 0.6 is 0 Å². The Balaban J connectivity index is 1.42. The Kier molecular flexibility index (Phi) is 3.37. The van der Waals surface area contributed by atoms with Crippen LogP contribution in [0.4, 0.5) is 0 Å². The number of hydrogen-bond donors (Lipinski definition) is 1. The second kappa shape index (κ2) is 5.12. The molecule has 4 aliphatic carbocycles. The van der Waals surface area contributed by atoms with Crippen molar-refractivity contribution in [1.29, 1.82) is 0 Å². The average molecular weight is 284 g/mol. The molecule has 4 fully saturated rings. The standard InChI is InChI=1S/C20H28O/c1-14-2-4-15(5-3-14)9-19(21)13-20-10-16-6-17(11-20)8-18(7-16)12-20/h2-5,16-19,21H,6-13H2,1H3. The number of rotatable bonds is 4. The summed E-state index contributed by atoms with van der Waals surface area (Å²) in [6.45, 7) is 2.12. The van der Waals surface area contributed by atoms with Crippen molar-refractivity contribution in [1.82, 2.24) is 0 Å². The van der Waals surface area contributed by atoms with Crippen molar-refractivity contribution in [2.45, 2.75) is 64.4 Å². The van der Waals surface area contributed by atoms with Gasteiger partial charge in [-0.1, -0.05) is 29.8 Å². The van der Waals surface area contributed by atoms with Gasteiger partial charge in [0.1, 0.15) is 0 Å². The van der Waals surface area contributed by atoms with Gasteiger partial charge in [-0.05, 0) is 87.0 Å². The van der Waals surface area contributed by atoms with Crippen LogP contribution < -0.4 is 0 Å². The maximum atomic E-state index is 10.6. The van der Waals surface area contributed by atoms with E-state index in [1.54, 1.807) is 0 Å². The molecule has 1 aromatic rings. The normalized spacial score (nSPS) is 38.7. The molecule has 0 saturated heterocycles. The van der Waals surface area contributed by atoms with Gasteiger partial charge in [0.15, 0.2) is 0 Å². The molecular weight excluding hydrogens is 256 g/mol. The van der Waals surface area contributed by atoms with E-state index in [1.807, 2.05) is 0 Å². The molecule has 4 aliphatic rings. The first-order chi connectivity index (χ1) is 10.1. The van der Waals surface area contributed by atoms with E-state index in [9.17, 15) is 5.11 Å². The molecule has 1 heteroatoms. The number of benzene rings is 1. The van der Waals surface area contributed by atoms with Crippen LogP contribution in [0.5, 0.6) is 0 Å². The molecular formula is C20H28O. The lowest BCUT2D eigenvalue weighted by Crippen LogP contribution is -2.47. The summed E-state index contributed by atoms with van der Waals surface area (Å²) in [4.78, 5) is 0. The van der Waals surface area contributed by atoms with Crippen LogP contribution in [0.15, 0.2) is 24.3 Å². The van der Waals surface area contributed by atoms with E-state index in [0.717, 1.165) is 30.6 Å². The Hall–Kier alpha value is -0.820. The summed E-state index contributed by atoms with van der Waals surface area (Å²) in [7, 11) is 0. The third-order valence-corrected chi connectivity index (χ3v) is 6.43. The van der Waals surface area contributed by atoms with E-state index in [4.69, 9.17) is 0 Å². The molecule has 5 rings (SSSR count). The SMILES string of the molecule is Cc1ccc(CC(O)CC23CC4CC(CC(C4)C2)C3)cc1. The Bertz CT molecular complexity index is 466. The molecule has 114 valence electrons. The third-order valence-electron chi connectivity index (χ3n) is 6.43. The first-order valence-corrected chi connectivity index (χ1v) is 8.84. The predicted molar refractivity (Wildman–Crippen MR) is 86.1 cm³/mol. The molecule has 0 spiro atoms. The Labute approximate surface area is 128 Å². The highest BCUT2D eigenvalue weighted by Crippen LogP contribution is 2.61. The van der Waals surface area contributed by atoms with E-state index in [1.165, 1.54) is 49.7 Å². The summed E-state index contributed by atoms with van der Waals surface area (Å²) in [5.41, 5.74) is 3.09. The van der Waals surface area contributed by atoms with Crippen LogP contribution in [-0.4, -0.2) is 11.2 Å². The quantitative estimate of drug-likeness (QED) is 0.863. The van der Waals surface area contributed by atoms with Gasteiger partial charge in [-0.3, -0.25) is 0 Å². The molecule has 4 saturated carbocycles. The molecule has 1 N–H and O–H groups in total. The van der Waals surface area contributed by atoms with Gasteiger partial charge in [0.05, 0.1) is 6.10 Å². The van der Waals surface area contributed by atoms with Crippen LogP contribution in [0.1, 0.15) is 56.1 Å². The second-order valence-corrected chi connectivity index (χ2v) is 8.47. The fraction of sp³-hybridized carbons (Fsp3) is 0.700. The van der Waals surface area contributed by atoms with Crippen molar-refractivity contribution in [2.75, 3.05) is 0 Å². The number of aliphatic hydroxyl groups is 1. The predicted octanol–water partition coefficient (Wildman–Crippen LogP) is 4.50. The molecule has 4 bridgehead atoms. The zero-order chi connectivity index (χ0) is 14.4. The average Bonchev–Trinajstić information content (AvgIpc) is 2.39. The maximum Gasteiger partial charge on any atom is 0.0585 e. The van der Waals surface area contributed by atoms with E-state index >= 15 is 0 Å². The third kappa shape index (κ3) is 2.77. The van der Waals surface area contributed by atoms with Gasteiger partial charge in [-0.25, -0.2) is 0 Å². The smallest absolute Gasteiger partial charge is 0.0585 e. The van der Waals surface area contributed by atoms with Crippen LogP contribution in [0.3, 0.4) is 0 Å². The summed E-state index contributed by atoms with van der Waals surface area (Å²) in [6.07, 6.45) is 10.4. The number of hydrogen-bond acceptors (Lipinski definition) is 1. The van der Waals surface area contributed by atoms with Gasteiger partial charge in [0.2, 0.25) is 0 Å². The molecule has 0 amide bonds. The summed E-state index contributed by atoms with van der Waals surface area (Å²) in [5.74, 6) is 2.97. The van der Waals surface area contributed by atoms with Crippen molar-refractivity contribution in [2.24, 2.45) is 23.2 Å². The minimum Gasteiger partial charge on any atom is -0.393 e.